The second kappa shape index (κ2) is 6.68. The summed E-state index contributed by atoms with van der Waals surface area (Å²) in [4.78, 5) is 9.98. The maximum atomic E-state index is 5.61. The van der Waals surface area contributed by atoms with Crippen LogP contribution in [0.25, 0.3) is 0 Å². The number of nitrogens with zero attached hydrogens (tertiary/aromatic N) is 2. The highest BCUT2D eigenvalue weighted by molar-refractivity contribution is 6.11. The molecule has 0 N–H and O–H groups in total. The van der Waals surface area contributed by atoms with Crippen molar-refractivity contribution in [2.45, 2.75) is 6.92 Å². The van der Waals surface area contributed by atoms with Crippen molar-refractivity contribution in [3.8, 4) is 5.75 Å². The molecule has 0 spiro atoms. The van der Waals surface area contributed by atoms with E-state index in [0.717, 1.165) is 16.8 Å². The fraction of sp³-hybridized carbons (Fsp3) is 0.0526. The van der Waals surface area contributed by atoms with Gasteiger partial charge in [0, 0.05) is 11.8 Å². The molecular weight excluding hydrogens is 272 g/mol. The van der Waals surface area contributed by atoms with Crippen LogP contribution in [0.5, 0.6) is 5.75 Å². The van der Waals surface area contributed by atoms with Gasteiger partial charge in [0.25, 0.3) is 0 Å². The van der Waals surface area contributed by atoms with Gasteiger partial charge in [-0.05, 0) is 36.8 Å². The summed E-state index contributed by atoms with van der Waals surface area (Å²) in [6, 6.07) is 23.5. The first kappa shape index (κ1) is 14.0. The van der Waals surface area contributed by atoms with E-state index >= 15 is 0 Å². The van der Waals surface area contributed by atoms with Crippen LogP contribution >= 0.6 is 0 Å². The predicted octanol–water partition coefficient (Wildman–Crippen LogP) is 4.22. The average molecular weight is 288 g/mol. The maximum Gasteiger partial charge on any atom is 0.158 e. The molecule has 0 aliphatic heterocycles. The molecule has 108 valence electrons. The summed E-state index contributed by atoms with van der Waals surface area (Å²) < 4.78 is 0. The van der Waals surface area contributed by atoms with E-state index in [2.05, 4.69) is 10.1 Å². The van der Waals surface area contributed by atoms with E-state index in [1.54, 1.807) is 6.20 Å². The topological polar surface area (TPSA) is 34.5 Å². The largest absolute Gasteiger partial charge is 0.356 e. The molecule has 0 bridgehead atoms. The minimum atomic E-state index is 0.711. The molecule has 0 unspecified atom stereocenters. The van der Waals surface area contributed by atoms with Crippen LogP contribution in [0.2, 0.25) is 0 Å². The minimum Gasteiger partial charge on any atom is -0.356 e. The van der Waals surface area contributed by atoms with E-state index in [1.807, 2.05) is 79.7 Å². The Bertz CT molecular complexity index is 726. The van der Waals surface area contributed by atoms with Crippen molar-refractivity contribution in [1.29, 1.82) is 0 Å². The Morgan fingerprint density at radius 3 is 2.45 bits per heavy atom. The molecule has 0 saturated carbocycles. The quantitative estimate of drug-likeness (QED) is 0.532. The Morgan fingerprint density at radius 1 is 0.909 bits per heavy atom. The number of hydrogen-bond donors (Lipinski definition) is 0. The van der Waals surface area contributed by atoms with E-state index in [4.69, 9.17) is 4.84 Å². The highest BCUT2D eigenvalue weighted by Crippen LogP contribution is 2.15. The van der Waals surface area contributed by atoms with Crippen LogP contribution in [0.15, 0.2) is 84.1 Å². The lowest BCUT2D eigenvalue weighted by Crippen LogP contribution is -2.07. The molecule has 0 amide bonds. The van der Waals surface area contributed by atoms with Gasteiger partial charge in [0.05, 0.1) is 5.69 Å². The molecule has 3 heteroatoms. The first-order valence-corrected chi connectivity index (χ1v) is 7.11. The van der Waals surface area contributed by atoms with Crippen molar-refractivity contribution in [2.75, 3.05) is 0 Å². The van der Waals surface area contributed by atoms with Crippen LogP contribution < -0.4 is 4.84 Å². The lowest BCUT2D eigenvalue weighted by molar-refractivity contribution is 0.341. The molecule has 3 rings (SSSR count). The summed E-state index contributed by atoms with van der Waals surface area (Å²) in [5.74, 6) is 0.712. The van der Waals surface area contributed by atoms with Crippen molar-refractivity contribution >= 4 is 5.71 Å². The van der Waals surface area contributed by atoms with Gasteiger partial charge in [-0.3, -0.25) is 4.98 Å². The second-order valence-corrected chi connectivity index (χ2v) is 4.93. The van der Waals surface area contributed by atoms with Gasteiger partial charge in [-0.2, -0.15) is 0 Å². The van der Waals surface area contributed by atoms with Gasteiger partial charge in [0.2, 0.25) is 0 Å². The van der Waals surface area contributed by atoms with Crippen molar-refractivity contribution < 1.29 is 4.84 Å². The summed E-state index contributed by atoms with van der Waals surface area (Å²) in [6.45, 7) is 2.02. The molecule has 3 nitrogen and oxygen atoms in total. The molecule has 1 aromatic heterocycles. The SMILES string of the molecule is Cc1cccc(O/N=C(\c2ccccc2)c2ccccn2)c1. The second-order valence-electron chi connectivity index (χ2n) is 4.93. The van der Waals surface area contributed by atoms with Gasteiger partial charge in [0.1, 0.15) is 5.71 Å². The molecule has 0 aliphatic carbocycles. The Labute approximate surface area is 129 Å². The average Bonchev–Trinajstić information content (AvgIpc) is 2.57. The monoisotopic (exact) mass is 288 g/mol. The molecule has 0 radical (unpaired) electrons. The molecule has 22 heavy (non-hydrogen) atoms. The first-order valence-electron chi connectivity index (χ1n) is 7.11. The molecule has 1 heterocycles. The standard InChI is InChI=1S/C19H16N2O/c1-15-8-7-11-17(14-15)22-21-19(16-9-3-2-4-10-16)18-12-5-6-13-20-18/h2-14H,1H3/b21-19+. The zero-order valence-electron chi connectivity index (χ0n) is 12.3. The summed E-state index contributed by atoms with van der Waals surface area (Å²) in [6.07, 6.45) is 1.75. The molecule has 0 atom stereocenters. The highest BCUT2D eigenvalue weighted by atomic mass is 16.6. The maximum absolute atomic E-state index is 5.61. The summed E-state index contributed by atoms with van der Waals surface area (Å²) in [7, 11) is 0. The third-order valence-electron chi connectivity index (χ3n) is 3.19. The number of oxime groups is 1. The molecule has 0 saturated heterocycles. The Kier molecular flexibility index (Phi) is 4.25. The van der Waals surface area contributed by atoms with E-state index < -0.39 is 0 Å². The van der Waals surface area contributed by atoms with Gasteiger partial charge in [-0.25, -0.2) is 0 Å². The van der Waals surface area contributed by atoms with Crippen LogP contribution in [0.1, 0.15) is 16.8 Å². The van der Waals surface area contributed by atoms with Crippen LogP contribution in [-0.2, 0) is 0 Å². The normalized spacial score (nSPS) is 11.2. The summed E-state index contributed by atoms with van der Waals surface area (Å²) in [5.41, 5.74) is 3.59. The number of hydrogen-bond acceptors (Lipinski definition) is 3. The third-order valence-corrected chi connectivity index (χ3v) is 3.19. The fourth-order valence-corrected chi connectivity index (χ4v) is 2.12. The number of benzene rings is 2. The lowest BCUT2D eigenvalue weighted by Gasteiger charge is -2.06. The smallest absolute Gasteiger partial charge is 0.158 e. The zero-order valence-corrected chi connectivity index (χ0v) is 12.3. The number of pyridine rings is 1. The number of rotatable bonds is 4. The van der Waals surface area contributed by atoms with Crippen molar-refractivity contribution in [3.05, 3.63) is 95.8 Å². The lowest BCUT2D eigenvalue weighted by atomic mass is 10.1. The van der Waals surface area contributed by atoms with Crippen LogP contribution in [0.3, 0.4) is 0 Å². The van der Waals surface area contributed by atoms with Gasteiger partial charge in [-0.1, -0.05) is 53.7 Å². The first-order chi connectivity index (χ1) is 10.8. The predicted molar refractivity (Wildman–Crippen MR) is 88.1 cm³/mol. The van der Waals surface area contributed by atoms with Crippen LogP contribution in [-0.4, -0.2) is 10.7 Å². The fourth-order valence-electron chi connectivity index (χ4n) is 2.12. The van der Waals surface area contributed by atoms with Gasteiger partial charge in [0.15, 0.2) is 5.75 Å². The van der Waals surface area contributed by atoms with Crippen molar-refractivity contribution in [1.82, 2.24) is 4.98 Å². The van der Waals surface area contributed by atoms with Crippen LogP contribution in [0, 0.1) is 6.92 Å². The van der Waals surface area contributed by atoms with Gasteiger partial charge in [-0.15, -0.1) is 0 Å². The molecule has 2 aromatic carbocycles. The van der Waals surface area contributed by atoms with Crippen molar-refractivity contribution in [3.63, 3.8) is 0 Å². The van der Waals surface area contributed by atoms with Crippen LogP contribution in [0.4, 0.5) is 0 Å². The Balaban J connectivity index is 1.97. The van der Waals surface area contributed by atoms with E-state index in [1.165, 1.54) is 0 Å². The Hall–Kier alpha value is -2.94. The molecule has 0 fully saturated rings. The third kappa shape index (κ3) is 3.38. The number of aromatic nitrogens is 1. The number of aryl methyl sites for hydroxylation is 1. The van der Waals surface area contributed by atoms with E-state index in [0.29, 0.717) is 11.5 Å². The molecular formula is C19H16N2O. The van der Waals surface area contributed by atoms with Gasteiger partial charge >= 0.3 is 0 Å². The van der Waals surface area contributed by atoms with E-state index in [-0.39, 0.29) is 0 Å². The summed E-state index contributed by atoms with van der Waals surface area (Å²) in [5, 5.41) is 4.33. The zero-order chi connectivity index (χ0) is 15.2. The summed E-state index contributed by atoms with van der Waals surface area (Å²) >= 11 is 0. The highest BCUT2D eigenvalue weighted by Gasteiger charge is 2.09. The van der Waals surface area contributed by atoms with Gasteiger partial charge < -0.3 is 4.84 Å². The molecule has 3 aromatic rings. The molecule has 0 aliphatic rings. The Morgan fingerprint density at radius 2 is 1.73 bits per heavy atom. The minimum absolute atomic E-state index is 0.711. The van der Waals surface area contributed by atoms with Crippen molar-refractivity contribution in [2.24, 2.45) is 5.16 Å². The van der Waals surface area contributed by atoms with E-state index in [9.17, 15) is 0 Å².